The monoisotopic (exact) mass is 387 g/mol. The number of hydrogen-bond acceptors (Lipinski definition) is 4. The molecule has 1 fully saturated rings. The highest BCUT2D eigenvalue weighted by Gasteiger charge is 2.19. The topological polar surface area (TPSA) is 70.7 Å². The molecule has 6 nitrogen and oxygen atoms in total. The van der Waals surface area contributed by atoms with Crippen molar-refractivity contribution < 1.29 is 14.3 Å². The number of carbonyl (C=O) groups excluding carboxylic acids is 2. The lowest BCUT2D eigenvalue weighted by Gasteiger charge is -2.16. The number of likely N-dealkylation sites (tertiary alicyclic amines) is 1. The van der Waals surface area contributed by atoms with Crippen molar-refractivity contribution in [1.29, 1.82) is 0 Å². The summed E-state index contributed by atoms with van der Waals surface area (Å²) < 4.78 is 5.10. The van der Waals surface area contributed by atoms with Crippen LogP contribution in [-0.4, -0.2) is 43.5 Å². The average molecular weight is 388 g/mol. The number of benzene rings is 2. The van der Waals surface area contributed by atoms with Crippen molar-refractivity contribution in [2.45, 2.75) is 12.8 Å². The first-order valence-electron chi connectivity index (χ1n) is 8.83. The van der Waals surface area contributed by atoms with Crippen LogP contribution in [0.3, 0.4) is 0 Å². The van der Waals surface area contributed by atoms with Gasteiger partial charge in [0.25, 0.3) is 5.91 Å². The minimum atomic E-state index is -0.215. The molecule has 0 saturated carbocycles. The summed E-state index contributed by atoms with van der Waals surface area (Å²) in [5, 5.41) is 6.29. The van der Waals surface area contributed by atoms with E-state index in [1.807, 2.05) is 4.90 Å². The van der Waals surface area contributed by atoms with Crippen LogP contribution in [0.1, 0.15) is 23.2 Å². The van der Waals surface area contributed by atoms with Crippen LogP contribution in [0.15, 0.2) is 42.5 Å². The second kappa shape index (κ2) is 8.77. The lowest BCUT2D eigenvalue weighted by Crippen LogP contribution is -2.27. The normalized spacial score (nSPS) is 13.3. The van der Waals surface area contributed by atoms with Crippen LogP contribution < -0.4 is 15.4 Å². The van der Waals surface area contributed by atoms with E-state index < -0.39 is 0 Å². The van der Waals surface area contributed by atoms with Gasteiger partial charge in [0.15, 0.2) is 0 Å². The van der Waals surface area contributed by atoms with Crippen molar-refractivity contribution in [2.75, 3.05) is 37.4 Å². The minimum absolute atomic E-state index is 0.00889. The molecule has 7 heteroatoms. The molecule has 1 aliphatic rings. The molecule has 0 aliphatic carbocycles. The van der Waals surface area contributed by atoms with Gasteiger partial charge in [-0.25, -0.2) is 0 Å². The van der Waals surface area contributed by atoms with E-state index in [0.29, 0.717) is 27.7 Å². The summed E-state index contributed by atoms with van der Waals surface area (Å²) in [6, 6.07) is 12.2. The largest absolute Gasteiger partial charge is 0.495 e. The van der Waals surface area contributed by atoms with Crippen molar-refractivity contribution in [2.24, 2.45) is 0 Å². The Labute approximate surface area is 163 Å². The van der Waals surface area contributed by atoms with Gasteiger partial charge in [0.2, 0.25) is 5.91 Å². The Balaban J connectivity index is 1.57. The number of halogens is 1. The predicted molar refractivity (Wildman–Crippen MR) is 107 cm³/mol. The number of anilines is 2. The molecular weight excluding hydrogens is 366 g/mol. The molecule has 0 spiro atoms. The van der Waals surface area contributed by atoms with E-state index in [0.717, 1.165) is 25.9 Å². The molecular formula is C20H22ClN3O3. The van der Waals surface area contributed by atoms with Crippen molar-refractivity contribution in [3.8, 4) is 5.75 Å². The third-order valence-electron chi connectivity index (χ3n) is 4.39. The summed E-state index contributed by atoms with van der Waals surface area (Å²) in [5.41, 5.74) is 1.90. The first-order valence-corrected chi connectivity index (χ1v) is 9.21. The number of amides is 2. The first-order chi connectivity index (χ1) is 13.1. The van der Waals surface area contributed by atoms with Crippen LogP contribution >= 0.6 is 11.6 Å². The smallest absolute Gasteiger partial charge is 0.253 e. The van der Waals surface area contributed by atoms with Crippen molar-refractivity contribution in [1.82, 2.24) is 4.90 Å². The molecule has 2 aromatic carbocycles. The first kappa shape index (κ1) is 19.0. The molecule has 0 unspecified atom stereocenters. The van der Waals surface area contributed by atoms with Crippen LogP contribution in [0.4, 0.5) is 11.4 Å². The fourth-order valence-corrected chi connectivity index (χ4v) is 3.25. The number of rotatable bonds is 6. The Kier molecular flexibility index (Phi) is 6.19. The number of nitrogens with one attached hydrogen (secondary N) is 2. The minimum Gasteiger partial charge on any atom is -0.495 e. The highest BCUT2D eigenvalue weighted by molar-refractivity contribution is 6.32. The Hall–Kier alpha value is -2.73. The Bertz CT molecular complexity index is 835. The van der Waals surface area contributed by atoms with Gasteiger partial charge in [-0.3, -0.25) is 9.59 Å². The Morgan fingerprint density at radius 1 is 1.11 bits per heavy atom. The molecule has 142 valence electrons. The lowest BCUT2D eigenvalue weighted by molar-refractivity contribution is -0.114. The highest BCUT2D eigenvalue weighted by atomic mass is 35.5. The zero-order valence-electron chi connectivity index (χ0n) is 15.1. The predicted octanol–water partition coefficient (Wildman–Crippen LogP) is 3.64. The molecule has 1 saturated heterocycles. The van der Waals surface area contributed by atoms with E-state index in [4.69, 9.17) is 16.3 Å². The molecule has 0 atom stereocenters. The summed E-state index contributed by atoms with van der Waals surface area (Å²) in [6.45, 7) is 1.67. The SMILES string of the molecule is COc1ccc(NCC(=O)Nc2cccc(C(=O)N3CCCC3)c2)cc1Cl. The molecule has 27 heavy (non-hydrogen) atoms. The van der Waals surface area contributed by atoms with Gasteiger partial charge in [-0.2, -0.15) is 0 Å². The maximum atomic E-state index is 12.5. The zero-order chi connectivity index (χ0) is 19.2. The van der Waals surface area contributed by atoms with Crippen LogP contribution in [0.5, 0.6) is 5.75 Å². The highest BCUT2D eigenvalue weighted by Crippen LogP contribution is 2.27. The molecule has 1 aliphatic heterocycles. The van der Waals surface area contributed by atoms with Crippen LogP contribution in [-0.2, 0) is 4.79 Å². The molecule has 2 amide bonds. The number of carbonyl (C=O) groups is 2. The van der Waals surface area contributed by atoms with Gasteiger partial charge in [0, 0.05) is 30.0 Å². The fourth-order valence-electron chi connectivity index (χ4n) is 3.00. The van der Waals surface area contributed by atoms with E-state index >= 15 is 0 Å². The Morgan fingerprint density at radius 2 is 1.89 bits per heavy atom. The van der Waals surface area contributed by atoms with Crippen LogP contribution in [0, 0.1) is 0 Å². The third-order valence-corrected chi connectivity index (χ3v) is 4.69. The summed E-state index contributed by atoms with van der Waals surface area (Å²) in [6.07, 6.45) is 2.09. The van der Waals surface area contributed by atoms with E-state index in [1.54, 1.807) is 49.6 Å². The van der Waals surface area contributed by atoms with Crippen LogP contribution in [0.25, 0.3) is 0 Å². The summed E-state index contributed by atoms with van der Waals surface area (Å²) in [4.78, 5) is 26.5. The summed E-state index contributed by atoms with van der Waals surface area (Å²) >= 11 is 6.07. The van der Waals surface area contributed by atoms with Crippen LogP contribution in [0.2, 0.25) is 5.02 Å². The van der Waals surface area contributed by atoms with E-state index in [2.05, 4.69) is 10.6 Å². The van der Waals surface area contributed by atoms with Gasteiger partial charge in [0.05, 0.1) is 18.7 Å². The third kappa shape index (κ3) is 4.92. The zero-order valence-corrected chi connectivity index (χ0v) is 15.9. The fraction of sp³-hybridized carbons (Fsp3) is 0.300. The molecule has 0 aromatic heterocycles. The maximum absolute atomic E-state index is 12.5. The molecule has 0 radical (unpaired) electrons. The molecule has 2 N–H and O–H groups in total. The average Bonchev–Trinajstić information content (AvgIpc) is 3.21. The molecule has 3 rings (SSSR count). The van der Waals surface area contributed by atoms with Crippen molar-refractivity contribution in [3.05, 3.63) is 53.1 Å². The molecule has 1 heterocycles. The quantitative estimate of drug-likeness (QED) is 0.794. The standard InChI is InChI=1S/C20H22ClN3O3/c1-27-18-8-7-15(12-17(18)21)22-13-19(25)23-16-6-4-5-14(11-16)20(26)24-9-2-3-10-24/h4-8,11-12,22H,2-3,9-10,13H2,1H3,(H,23,25). The number of ether oxygens (including phenoxy) is 1. The van der Waals surface area contributed by atoms with Crippen molar-refractivity contribution in [3.63, 3.8) is 0 Å². The number of nitrogens with zero attached hydrogens (tertiary/aromatic N) is 1. The second-order valence-corrected chi connectivity index (χ2v) is 6.74. The van der Waals surface area contributed by atoms with Gasteiger partial charge < -0.3 is 20.3 Å². The maximum Gasteiger partial charge on any atom is 0.253 e. The van der Waals surface area contributed by atoms with E-state index in [9.17, 15) is 9.59 Å². The van der Waals surface area contributed by atoms with Gasteiger partial charge in [-0.1, -0.05) is 17.7 Å². The summed E-state index contributed by atoms with van der Waals surface area (Å²) in [7, 11) is 1.55. The van der Waals surface area contributed by atoms with Gasteiger partial charge in [0.1, 0.15) is 5.75 Å². The second-order valence-electron chi connectivity index (χ2n) is 6.33. The van der Waals surface area contributed by atoms with Gasteiger partial charge in [-0.15, -0.1) is 0 Å². The molecule has 0 bridgehead atoms. The van der Waals surface area contributed by atoms with E-state index in [1.165, 1.54) is 0 Å². The van der Waals surface area contributed by atoms with Gasteiger partial charge in [-0.05, 0) is 49.2 Å². The lowest BCUT2D eigenvalue weighted by atomic mass is 10.1. The van der Waals surface area contributed by atoms with E-state index in [-0.39, 0.29) is 18.4 Å². The Morgan fingerprint density at radius 3 is 2.59 bits per heavy atom. The summed E-state index contributed by atoms with van der Waals surface area (Å²) in [5.74, 6) is 0.369. The number of hydrogen-bond donors (Lipinski definition) is 2. The number of methoxy groups -OCH3 is 1. The molecule has 2 aromatic rings. The van der Waals surface area contributed by atoms with Gasteiger partial charge >= 0.3 is 0 Å². The van der Waals surface area contributed by atoms with Crippen molar-refractivity contribution >= 4 is 34.8 Å².